The molecule has 0 aromatic carbocycles. The van der Waals surface area contributed by atoms with E-state index in [4.69, 9.17) is 5.73 Å². The Kier molecular flexibility index (Phi) is 15.2. The van der Waals surface area contributed by atoms with E-state index in [2.05, 4.69) is 32.9 Å². The minimum Gasteiger partial charge on any atom is -0.369 e. The van der Waals surface area contributed by atoms with Gasteiger partial charge in [0.05, 0.1) is 0 Å². The predicted octanol–water partition coefficient (Wildman–Crippen LogP) is 6.93. The van der Waals surface area contributed by atoms with Crippen LogP contribution in [-0.4, -0.2) is 5.91 Å². The van der Waals surface area contributed by atoms with Crippen molar-refractivity contribution < 1.29 is 4.79 Å². The molecule has 0 atom stereocenters. The monoisotopic (exact) mass is 337 g/mol. The highest BCUT2D eigenvalue weighted by Gasteiger charge is 2.31. The zero-order valence-electron chi connectivity index (χ0n) is 16.7. The Labute approximate surface area is 151 Å². The first-order valence-corrected chi connectivity index (χ1v) is 10.6. The third-order valence-electron chi connectivity index (χ3n) is 5.54. The largest absolute Gasteiger partial charge is 0.369 e. The molecule has 0 saturated heterocycles. The van der Waals surface area contributed by atoms with Gasteiger partial charge in [-0.05, 0) is 44.9 Å². The van der Waals surface area contributed by atoms with Crippen molar-refractivity contribution in [2.75, 3.05) is 0 Å². The molecule has 0 radical (unpaired) electrons. The molecular weight excluding hydrogens is 294 g/mol. The fourth-order valence-corrected chi connectivity index (χ4v) is 3.43. The van der Waals surface area contributed by atoms with Crippen LogP contribution in [-0.2, 0) is 4.79 Å². The summed E-state index contributed by atoms with van der Waals surface area (Å²) in [5, 5.41) is 0. The minimum atomic E-state index is -0.253. The number of nitrogens with two attached hydrogens (primary N) is 1. The van der Waals surface area contributed by atoms with Gasteiger partial charge in [-0.25, -0.2) is 0 Å². The molecule has 24 heavy (non-hydrogen) atoms. The summed E-state index contributed by atoms with van der Waals surface area (Å²) in [6.45, 7) is 6.44. The first-order valence-electron chi connectivity index (χ1n) is 10.6. The van der Waals surface area contributed by atoms with Crippen LogP contribution in [0, 0.1) is 5.41 Å². The molecule has 2 nitrogen and oxygen atoms in total. The number of primary amides is 1. The lowest BCUT2D eigenvalue weighted by molar-refractivity contribution is -0.128. The SMILES string of the molecule is CCCCCCCC/C=C\CCCCCCC(CC)(CC)C(N)=O. The second-order valence-electron chi connectivity index (χ2n) is 7.33. The molecule has 2 N–H and O–H groups in total. The molecular formula is C22H43NO. The van der Waals surface area contributed by atoms with Gasteiger partial charge in [0.1, 0.15) is 0 Å². The molecule has 0 bridgehead atoms. The van der Waals surface area contributed by atoms with E-state index in [0.717, 1.165) is 25.7 Å². The topological polar surface area (TPSA) is 43.1 Å². The normalized spacial score (nSPS) is 12.1. The summed E-state index contributed by atoms with van der Waals surface area (Å²) in [6, 6.07) is 0. The van der Waals surface area contributed by atoms with Crippen molar-refractivity contribution in [2.45, 2.75) is 117 Å². The average molecular weight is 338 g/mol. The number of rotatable bonds is 17. The van der Waals surface area contributed by atoms with Gasteiger partial charge in [-0.15, -0.1) is 0 Å². The molecule has 142 valence electrons. The van der Waals surface area contributed by atoms with Crippen LogP contribution in [0.25, 0.3) is 0 Å². The van der Waals surface area contributed by atoms with Gasteiger partial charge >= 0.3 is 0 Å². The summed E-state index contributed by atoms with van der Waals surface area (Å²) in [6.07, 6.45) is 23.1. The number of hydrogen-bond donors (Lipinski definition) is 1. The number of amides is 1. The number of carbonyl (C=O) groups excluding carboxylic acids is 1. The summed E-state index contributed by atoms with van der Waals surface area (Å²) >= 11 is 0. The van der Waals surface area contributed by atoms with Crippen LogP contribution in [0.3, 0.4) is 0 Å². The second kappa shape index (κ2) is 15.7. The third-order valence-corrected chi connectivity index (χ3v) is 5.54. The average Bonchev–Trinajstić information content (AvgIpc) is 2.58. The maximum Gasteiger partial charge on any atom is 0.223 e. The summed E-state index contributed by atoms with van der Waals surface area (Å²) < 4.78 is 0. The van der Waals surface area contributed by atoms with Crippen LogP contribution in [0.2, 0.25) is 0 Å². The maximum atomic E-state index is 11.7. The molecule has 1 amide bonds. The van der Waals surface area contributed by atoms with Crippen LogP contribution >= 0.6 is 0 Å². The Morgan fingerprint density at radius 2 is 1.21 bits per heavy atom. The van der Waals surface area contributed by atoms with Gasteiger partial charge in [0, 0.05) is 5.41 Å². The molecule has 0 fully saturated rings. The van der Waals surface area contributed by atoms with Gasteiger partial charge in [-0.2, -0.15) is 0 Å². The van der Waals surface area contributed by atoms with Gasteiger partial charge in [0.2, 0.25) is 5.91 Å². The van der Waals surface area contributed by atoms with E-state index in [1.54, 1.807) is 0 Å². The summed E-state index contributed by atoms with van der Waals surface area (Å²) in [7, 11) is 0. The van der Waals surface area contributed by atoms with Crippen molar-refractivity contribution in [1.29, 1.82) is 0 Å². The van der Waals surface area contributed by atoms with E-state index in [1.807, 2.05) is 0 Å². The standard InChI is InChI=1S/C22H43NO/c1-4-7-8-9-10-11-12-13-14-15-16-17-18-19-20-22(5-2,6-3)21(23)24/h13-14H,4-12,15-20H2,1-3H3,(H2,23,24)/b14-13-. The highest BCUT2D eigenvalue weighted by molar-refractivity contribution is 5.80. The zero-order chi connectivity index (χ0) is 18.1. The molecule has 0 spiro atoms. The first-order chi connectivity index (χ1) is 11.6. The lowest BCUT2D eigenvalue weighted by atomic mass is 9.77. The number of hydrogen-bond acceptors (Lipinski definition) is 1. The van der Waals surface area contributed by atoms with Crippen LogP contribution in [0.1, 0.15) is 117 Å². The first kappa shape index (κ1) is 23.2. The Hall–Kier alpha value is -0.790. The Balaban J connectivity index is 3.50. The van der Waals surface area contributed by atoms with Crippen molar-refractivity contribution in [2.24, 2.45) is 11.1 Å². The van der Waals surface area contributed by atoms with Gasteiger partial charge < -0.3 is 5.73 Å². The minimum absolute atomic E-state index is 0.106. The maximum absolute atomic E-state index is 11.7. The lowest BCUT2D eigenvalue weighted by Gasteiger charge is -2.27. The Bertz CT molecular complexity index is 318. The van der Waals surface area contributed by atoms with Gasteiger partial charge in [0.15, 0.2) is 0 Å². The summed E-state index contributed by atoms with van der Waals surface area (Å²) in [5.74, 6) is -0.106. The second-order valence-corrected chi connectivity index (χ2v) is 7.33. The smallest absolute Gasteiger partial charge is 0.223 e. The van der Waals surface area contributed by atoms with E-state index in [-0.39, 0.29) is 11.3 Å². The number of allylic oxidation sites excluding steroid dienone is 2. The van der Waals surface area contributed by atoms with Crippen molar-refractivity contribution in [3.8, 4) is 0 Å². The fourth-order valence-electron chi connectivity index (χ4n) is 3.43. The molecule has 2 heteroatoms. The molecule has 0 saturated carbocycles. The van der Waals surface area contributed by atoms with Crippen molar-refractivity contribution in [3.05, 3.63) is 12.2 Å². The highest BCUT2D eigenvalue weighted by atomic mass is 16.1. The number of unbranched alkanes of at least 4 members (excludes halogenated alkanes) is 10. The lowest BCUT2D eigenvalue weighted by Crippen LogP contribution is -2.36. The molecule has 0 unspecified atom stereocenters. The molecule has 0 aliphatic rings. The van der Waals surface area contributed by atoms with E-state index >= 15 is 0 Å². The number of carbonyl (C=O) groups is 1. The van der Waals surface area contributed by atoms with Crippen LogP contribution in [0.4, 0.5) is 0 Å². The van der Waals surface area contributed by atoms with E-state index < -0.39 is 0 Å². The molecule has 0 aromatic heterocycles. The Morgan fingerprint density at radius 3 is 1.67 bits per heavy atom. The quantitative estimate of drug-likeness (QED) is 0.227. The Morgan fingerprint density at radius 1 is 0.750 bits per heavy atom. The molecule has 0 rings (SSSR count). The van der Waals surface area contributed by atoms with E-state index in [9.17, 15) is 4.79 Å². The summed E-state index contributed by atoms with van der Waals surface area (Å²) in [4.78, 5) is 11.7. The fraction of sp³-hybridized carbons (Fsp3) is 0.864. The van der Waals surface area contributed by atoms with Crippen molar-refractivity contribution in [1.82, 2.24) is 0 Å². The van der Waals surface area contributed by atoms with E-state index in [0.29, 0.717) is 0 Å². The van der Waals surface area contributed by atoms with Crippen LogP contribution in [0.5, 0.6) is 0 Å². The third kappa shape index (κ3) is 10.9. The van der Waals surface area contributed by atoms with Crippen LogP contribution in [0.15, 0.2) is 12.2 Å². The molecule has 0 aliphatic heterocycles. The zero-order valence-corrected chi connectivity index (χ0v) is 16.7. The van der Waals surface area contributed by atoms with Crippen molar-refractivity contribution >= 4 is 5.91 Å². The van der Waals surface area contributed by atoms with Gasteiger partial charge in [0.25, 0.3) is 0 Å². The predicted molar refractivity (Wildman–Crippen MR) is 107 cm³/mol. The van der Waals surface area contributed by atoms with Crippen molar-refractivity contribution in [3.63, 3.8) is 0 Å². The molecule has 0 heterocycles. The highest BCUT2D eigenvalue weighted by Crippen LogP contribution is 2.32. The molecule has 0 aliphatic carbocycles. The summed E-state index contributed by atoms with van der Waals surface area (Å²) in [5.41, 5.74) is 5.35. The van der Waals surface area contributed by atoms with E-state index in [1.165, 1.54) is 70.6 Å². The van der Waals surface area contributed by atoms with Gasteiger partial charge in [-0.3, -0.25) is 4.79 Å². The van der Waals surface area contributed by atoms with Gasteiger partial charge in [-0.1, -0.05) is 84.3 Å². The van der Waals surface area contributed by atoms with Crippen LogP contribution < -0.4 is 5.73 Å². The molecule has 0 aromatic rings.